The van der Waals surface area contributed by atoms with Crippen LogP contribution in [0.2, 0.25) is 0 Å². The summed E-state index contributed by atoms with van der Waals surface area (Å²) < 4.78 is 0. The maximum Gasteiger partial charge on any atom is 0.0443 e. The highest BCUT2D eigenvalue weighted by molar-refractivity contribution is 4.78. The number of aliphatic hydroxyl groups excluding tert-OH is 1. The first kappa shape index (κ1) is 14.9. The Hall–Kier alpha value is -0.120. The smallest absolute Gasteiger partial charge is 0.0443 e. The molecule has 1 atom stereocenters. The molecule has 0 aliphatic heterocycles. The van der Waals surface area contributed by atoms with Crippen LogP contribution in [-0.2, 0) is 0 Å². The van der Waals surface area contributed by atoms with Crippen LogP contribution in [-0.4, -0.2) is 49.8 Å². The van der Waals surface area contributed by atoms with Crippen molar-refractivity contribution in [3.8, 4) is 0 Å². The summed E-state index contributed by atoms with van der Waals surface area (Å²) in [5.74, 6) is 0. The Morgan fingerprint density at radius 3 is 2.40 bits per heavy atom. The van der Waals surface area contributed by atoms with Gasteiger partial charge < -0.3 is 15.3 Å². The topological polar surface area (TPSA) is 35.5 Å². The van der Waals surface area contributed by atoms with Crippen LogP contribution in [0.1, 0.15) is 33.6 Å². The fraction of sp³-hybridized carbons (Fsp3) is 1.00. The van der Waals surface area contributed by atoms with E-state index >= 15 is 0 Å². The first-order chi connectivity index (χ1) is 7.11. The Bertz CT molecular complexity index is 153. The van der Waals surface area contributed by atoms with Crippen LogP contribution >= 0.6 is 0 Å². The molecule has 0 fully saturated rings. The van der Waals surface area contributed by atoms with Crippen molar-refractivity contribution in [2.24, 2.45) is 5.41 Å². The third-order valence-electron chi connectivity index (χ3n) is 3.14. The van der Waals surface area contributed by atoms with E-state index in [-0.39, 0.29) is 0 Å². The van der Waals surface area contributed by atoms with Gasteiger partial charge >= 0.3 is 0 Å². The molecule has 0 spiro atoms. The van der Waals surface area contributed by atoms with E-state index in [0.29, 0.717) is 12.0 Å². The standard InChI is InChI=1S/C12H28N2O/c1-5-12(3,10-13-4)11-14(6-2)8-7-9-15/h13,15H,5-11H2,1-4H3. The summed E-state index contributed by atoms with van der Waals surface area (Å²) in [6.45, 7) is 11.3. The molecule has 0 aromatic rings. The van der Waals surface area contributed by atoms with E-state index in [1.807, 2.05) is 7.05 Å². The molecule has 0 aliphatic carbocycles. The molecule has 0 saturated heterocycles. The third kappa shape index (κ3) is 6.13. The molecule has 3 nitrogen and oxygen atoms in total. The Balaban J connectivity index is 4.09. The van der Waals surface area contributed by atoms with E-state index in [9.17, 15) is 0 Å². The zero-order valence-electron chi connectivity index (χ0n) is 10.8. The molecular weight excluding hydrogens is 188 g/mol. The normalized spacial score (nSPS) is 15.6. The van der Waals surface area contributed by atoms with Crippen LogP contribution in [0.15, 0.2) is 0 Å². The van der Waals surface area contributed by atoms with E-state index in [2.05, 4.69) is 31.0 Å². The summed E-state index contributed by atoms with van der Waals surface area (Å²) in [7, 11) is 2.01. The van der Waals surface area contributed by atoms with Crippen LogP contribution in [0.4, 0.5) is 0 Å². The average Bonchev–Trinajstić information content (AvgIpc) is 2.24. The van der Waals surface area contributed by atoms with Gasteiger partial charge in [0, 0.05) is 26.2 Å². The molecule has 0 aromatic carbocycles. The second-order valence-corrected chi connectivity index (χ2v) is 4.64. The fourth-order valence-electron chi connectivity index (χ4n) is 1.90. The summed E-state index contributed by atoms with van der Waals surface area (Å²) >= 11 is 0. The number of aliphatic hydroxyl groups is 1. The number of hydrogen-bond donors (Lipinski definition) is 2. The summed E-state index contributed by atoms with van der Waals surface area (Å²) in [6.07, 6.45) is 2.07. The van der Waals surface area contributed by atoms with Gasteiger partial charge in [-0.3, -0.25) is 0 Å². The molecule has 0 bridgehead atoms. The van der Waals surface area contributed by atoms with Crippen molar-refractivity contribution in [1.29, 1.82) is 0 Å². The highest BCUT2D eigenvalue weighted by Gasteiger charge is 2.23. The van der Waals surface area contributed by atoms with Crippen LogP contribution in [0, 0.1) is 5.41 Å². The average molecular weight is 216 g/mol. The van der Waals surface area contributed by atoms with Crippen molar-refractivity contribution >= 4 is 0 Å². The molecule has 0 radical (unpaired) electrons. The van der Waals surface area contributed by atoms with E-state index in [0.717, 1.165) is 32.6 Å². The van der Waals surface area contributed by atoms with Crippen molar-refractivity contribution in [2.45, 2.75) is 33.6 Å². The van der Waals surface area contributed by atoms with E-state index < -0.39 is 0 Å². The van der Waals surface area contributed by atoms with Gasteiger partial charge in [0.15, 0.2) is 0 Å². The molecule has 0 heterocycles. The lowest BCUT2D eigenvalue weighted by atomic mass is 9.86. The molecule has 3 heteroatoms. The predicted octanol–water partition coefficient (Wildman–Crippen LogP) is 1.33. The summed E-state index contributed by atoms with van der Waals surface area (Å²) in [5, 5.41) is 12.1. The minimum atomic E-state index is 0.297. The molecule has 0 aliphatic rings. The monoisotopic (exact) mass is 216 g/mol. The van der Waals surface area contributed by atoms with Crippen molar-refractivity contribution in [2.75, 3.05) is 39.8 Å². The number of nitrogens with one attached hydrogen (secondary N) is 1. The van der Waals surface area contributed by atoms with Crippen LogP contribution in [0.5, 0.6) is 0 Å². The fourth-order valence-corrected chi connectivity index (χ4v) is 1.90. The van der Waals surface area contributed by atoms with Gasteiger partial charge in [-0.2, -0.15) is 0 Å². The molecular formula is C12H28N2O. The lowest BCUT2D eigenvalue weighted by Crippen LogP contribution is -2.41. The minimum absolute atomic E-state index is 0.297. The van der Waals surface area contributed by atoms with Gasteiger partial charge in [0.1, 0.15) is 0 Å². The first-order valence-corrected chi connectivity index (χ1v) is 6.09. The molecule has 0 aromatic heterocycles. The maximum absolute atomic E-state index is 8.83. The second-order valence-electron chi connectivity index (χ2n) is 4.64. The van der Waals surface area contributed by atoms with Gasteiger partial charge in [-0.05, 0) is 31.8 Å². The maximum atomic E-state index is 8.83. The van der Waals surface area contributed by atoms with Gasteiger partial charge in [0.05, 0.1) is 0 Å². The van der Waals surface area contributed by atoms with Crippen LogP contribution < -0.4 is 5.32 Å². The molecule has 92 valence electrons. The summed E-state index contributed by atoms with van der Waals surface area (Å²) in [4.78, 5) is 2.43. The Kier molecular flexibility index (Phi) is 8.02. The summed E-state index contributed by atoms with van der Waals surface area (Å²) in [5.41, 5.74) is 0.347. The van der Waals surface area contributed by atoms with Crippen molar-refractivity contribution in [3.05, 3.63) is 0 Å². The quantitative estimate of drug-likeness (QED) is 0.610. The van der Waals surface area contributed by atoms with Crippen molar-refractivity contribution in [1.82, 2.24) is 10.2 Å². The van der Waals surface area contributed by atoms with Gasteiger partial charge in [-0.25, -0.2) is 0 Å². The Morgan fingerprint density at radius 1 is 1.33 bits per heavy atom. The first-order valence-electron chi connectivity index (χ1n) is 6.09. The highest BCUT2D eigenvalue weighted by Crippen LogP contribution is 2.21. The van der Waals surface area contributed by atoms with Crippen LogP contribution in [0.3, 0.4) is 0 Å². The zero-order valence-corrected chi connectivity index (χ0v) is 10.8. The molecule has 0 saturated carbocycles. The molecule has 0 amide bonds. The molecule has 1 unspecified atom stereocenters. The van der Waals surface area contributed by atoms with Crippen molar-refractivity contribution < 1.29 is 5.11 Å². The SMILES string of the molecule is CCN(CCCO)CC(C)(CC)CNC. The largest absolute Gasteiger partial charge is 0.396 e. The predicted molar refractivity (Wildman–Crippen MR) is 66.1 cm³/mol. The zero-order chi connectivity index (χ0) is 11.7. The number of nitrogens with zero attached hydrogens (tertiary/aromatic N) is 1. The van der Waals surface area contributed by atoms with Crippen molar-refractivity contribution in [3.63, 3.8) is 0 Å². The van der Waals surface area contributed by atoms with Gasteiger partial charge in [-0.15, -0.1) is 0 Å². The van der Waals surface area contributed by atoms with Gasteiger partial charge in [-0.1, -0.05) is 20.8 Å². The molecule has 2 N–H and O–H groups in total. The minimum Gasteiger partial charge on any atom is -0.396 e. The summed E-state index contributed by atoms with van der Waals surface area (Å²) in [6, 6.07) is 0. The van der Waals surface area contributed by atoms with Crippen LogP contribution in [0.25, 0.3) is 0 Å². The Morgan fingerprint density at radius 2 is 2.00 bits per heavy atom. The van der Waals surface area contributed by atoms with Gasteiger partial charge in [0.2, 0.25) is 0 Å². The third-order valence-corrected chi connectivity index (χ3v) is 3.14. The Labute approximate surface area is 94.9 Å². The van der Waals surface area contributed by atoms with E-state index in [4.69, 9.17) is 5.11 Å². The molecule has 15 heavy (non-hydrogen) atoms. The molecule has 0 rings (SSSR count). The van der Waals surface area contributed by atoms with E-state index in [1.165, 1.54) is 6.42 Å². The lowest BCUT2D eigenvalue weighted by Gasteiger charge is -2.34. The highest BCUT2D eigenvalue weighted by atomic mass is 16.3. The number of hydrogen-bond acceptors (Lipinski definition) is 3. The lowest BCUT2D eigenvalue weighted by molar-refractivity contribution is 0.151. The second kappa shape index (κ2) is 8.08. The van der Waals surface area contributed by atoms with Gasteiger partial charge in [0.25, 0.3) is 0 Å². The number of rotatable bonds is 9. The van der Waals surface area contributed by atoms with E-state index in [1.54, 1.807) is 0 Å².